The third-order valence-corrected chi connectivity index (χ3v) is 2.14. The second kappa shape index (κ2) is 5.74. The molecule has 2 unspecified atom stereocenters. The van der Waals surface area contributed by atoms with Crippen LogP contribution in [0.2, 0.25) is 0 Å². The number of alkyl halides is 3. The summed E-state index contributed by atoms with van der Waals surface area (Å²) in [4.78, 5) is 0. The lowest BCUT2D eigenvalue weighted by atomic mass is 10.0. The van der Waals surface area contributed by atoms with Crippen LogP contribution in [0.1, 0.15) is 13.8 Å². The minimum atomic E-state index is -1.69. The molecule has 0 aliphatic rings. The first-order chi connectivity index (χ1) is 4.76. The molecule has 0 saturated heterocycles. The van der Waals surface area contributed by atoms with Crippen LogP contribution in [0.4, 0.5) is 0 Å². The second-order valence-electron chi connectivity index (χ2n) is 2.81. The number of hydrogen-bond acceptors (Lipinski definition) is 2. The summed E-state index contributed by atoms with van der Waals surface area (Å²) >= 11 is 16.3. The van der Waals surface area contributed by atoms with Gasteiger partial charge in [0.15, 0.2) is 0 Å². The Morgan fingerprint density at radius 2 is 1.58 bits per heavy atom. The van der Waals surface area contributed by atoms with Crippen molar-refractivity contribution in [3.05, 3.63) is 0 Å². The molecule has 76 valence electrons. The van der Waals surface area contributed by atoms with Crippen LogP contribution in [0.5, 0.6) is 0 Å². The highest BCUT2D eigenvalue weighted by atomic mass is 35.6. The highest BCUT2D eigenvalue weighted by Crippen LogP contribution is 2.32. The third kappa shape index (κ3) is 4.95. The first-order valence-corrected chi connectivity index (χ1v) is 4.40. The summed E-state index contributed by atoms with van der Waals surface area (Å²) < 4.78 is -1.69. The van der Waals surface area contributed by atoms with Crippen molar-refractivity contribution in [3.8, 4) is 0 Å². The normalized spacial score (nSPS) is 17.0. The van der Waals surface area contributed by atoms with Gasteiger partial charge >= 0.3 is 0 Å². The largest absolute Gasteiger partial charge is 0.387 e. The SMILES string of the molecule is CC(C)C(N)C(O)C(Cl)(Cl)Cl.Cl. The molecule has 0 saturated carbocycles. The average Bonchev–Trinajstić information content (AvgIpc) is 1.82. The molecule has 0 heterocycles. The zero-order valence-corrected chi connectivity index (χ0v) is 9.88. The summed E-state index contributed by atoms with van der Waals surface area (Å²) in [6.07, 6.45) is -1.12. The van der Waals surface area contributed by atoms with Gasteiger partial charge in [0.1, 0.15) is 6.10 Å². The summed E-state index contributed by atoms with van der Waals surface area (Å²) in [5.74, 6) is 0.0839. The molecule has 0 aromatic rings. The minimum absolute atomic E-state index is 0. The quantitative estimate of drug-likeness (QED) is 0.744. The van der Waals surface area contributed by atoms with Crippen molar-refractivity contribution >= 4 is 47.2 Å². The molecule has 6 heteroatoms. The topological polar surface area (TPSA) is 46.2 Å². The van der Waals surface area contributed by atoms with Gasteiger partial charge in [-0.2, -0.15) is 0 Å². The maximum atomic E-state index is 9.30. The van der Waals surface area contributed by atoms with E-state index < -0.39 is 15.9 Å². The van der Waals surface area contributed by atoms with E-state index in [1.807, 2.05) is 13.8 Å². The van der Waals surface area contributed by atoms with Crippen molar-refractivity contribution in [1.29, 1.82) is 0 Å². The molecule has 2 nitrogen and oxygen atoms in total. The Kier molecular flexibility index (Phi) is 7.43. The number of halogens is 4. The Bertz CT molecular complexity index is 125. The van der Waals surface area contributed by atoms with E-state index in [4.69, 9.17) is 40.5 Å². The van der Waals surface area contributed by atoms with Crippen LogP contribution in [0.15, 0.2) is 0 Å². The highest BCUT2D eigenvalue weighted by molar-refractivity contribution is 6.68. The Labute approximate surface area is 93.8 Å². The number of hydrogen-bond donors (Lipinski definition) is 2. The van der Waals surface area contributed by atoms with Crippen LogP contribution < -0.4 is 5.73 Å². The van der Waals surface area contributed by atoms with Crippen LogP contribution in [0.3, 0.4) is 0 Å². The van der Waals surface area contributed by atoms with Crippen LogP contribution in [-0.4, -0.2) is 21.0 Å². The maximum Gasteiger partial charge on any atom is 0.217 e. The molecular formula is C6H13Cl4NO. The first kappa shape index (κ1) is 15.5. The fraction of sp³-hybridized carbons (Fsp3) is 1.00. The van der Waals surface area contributed by atoms with Crippen molar-refractivity contribution < 1.29 is 5.11 Å². The number of nitrogens with two attached hydrogens (primary N) is 1. The van der Waals surface area contributed by atoms with Crippen LogP contribution in [0, 0.1) is 5.92 Å². The molecule has 0 fully saturated rings. The van der Waals surface area contributed by atoms with E-state index in [9.17, 15) is 5.11 Å². The van der Waals surface area contributed by atoms with Crippen molar-refractivity contribution in [2.24, 2.45) is 11.7 Å². The molecule has 0 aliphatic carbocycles. The zero-order valence-electron chi connectivity index (χ0n) is 6.80. The Balaban J connectivity index is 0. The third-order valence-electron chi connectivity index (χ3n) is 1.47. The molecule has 0 aromatic carbocycles. The van der Waals surface area contributed by atoms with Gasteiger partial charge in [-0.1, -0.05) is 48.7 Å². The summed E-state index contributed by atoms with van der Waals surface area (Å²) in [5, 5.41) is 9.30. The van der Waals surface area contributed by atoms with Gasteiger partial charge in [-0.05, 0) is 5.92 Å². The van der Waals surface area contributed by atoms with Gasteiger partial charge in [-0.25, -0.2) is 0 Å². The van der Waals surface area contributed by atoms with Crippen molar-refractivity contribution in [2.75, 3.05) is 0 Å². The Morgan fingerprint density at radius 1 is 1.25 bits per heavy atom. The highest BCUT2D eigenvalue weighted by Gasteiger charge is 2.36. The molecule has 0 bridgehead atoms. The predicted octanol–water partition coefficient (Wildman–Crippen LogP) is 2.12. The van der Waals surface area contributed by atoms with E-state index in [2.05, 4.69) is 0 Å². The van der Waals surface area contributed by atoms with Gasteiger partial charge in [-0.3, -0.25) is 0 Å². The van der Waals surface area contributed by atoms with Crippen LogP contribution in [0.25, 0.3) is 0 Å². The fourth-order valence-electron chi connectivity index (χ4n) is 0.583. The van der Waals surface area contributed by atoms with E-state index in [0.29, 0.717) is 0 Å². The molecule has 0 rings (SSSR count). The Hall–Kier alpha value is 1.08. The molecule has 0 aliphatic heterocycles. The lowest BCUT2D eigenvalue weighted by Gasteiger charge is -2.27. The number of rotatable bonds is 2. The van der Waals surface area contributed by atoms with Crippen LogP contribution in [-0.2, 0) is 0 Å². The standard InChI is InChI=1S/C6H12Cl3NO.ClH/c1-3(2)4(10)5(11)6(7,8)9;/h3-5,11H,10H2,1-2H3;1H. The second-order valence-corrected chi connectivity index (χ2v) is 5.18. The van der Waals surface area contributed by atoms with Gasteiger partial charge in [0.25, 0.3) is 0 Å². The van der Waals surface area contributed by atoms with E-state index in [0.717, 1.165) is 0 Å². The predicted molar refractivity (Wildman–Crippen MR) is 56.4 cm³/mol. The van der Waals surface area contributed by atoms with Gasteiger partial charge < -0.3 is 10.8 Å². The molecule has 2 atom stereocenters. The zero-order chi connectivity index (χ0) is 9.23. The monoisotopic (exact) mass is 255 g/mol. The summed E-state index contributed by atoms with van der Waals surface area (Å²) in [6.45, 7) is 3.70. The van der Waals surface area contributed by atoms with Crippen molar-refractivity contribution in [2.45, 2.75) is 29.8 Å². The number of aliphatic hydroxyl groups is 1. The first-order valence-electron chi connectivity index (χ1n) is 3.27. The molecule has 3 N–H and O–H groups in total. The molecular weight excluding hydrogens is 244 g/mol. The molecule has 12 heavy (non-hydrogen) atoms. The Morgan fingerprint density at radius 3 is 1.67 bits per heavy atom. The molecule has 0 amide bonds. The van der Waals surface area contributed by atoms with Gasteiger partial charge in [0, 0.05) is 6.04 Å². The summed E-state index contributed by atoms with van der Waals surface area (Å²) in [6, 6.07) is -0.512. The molecule has 0 spiro atoms. The molecule has 0 radical (unpaired) electrons. The van der Waals surface area contributed by atoms with E-state index in [1.165, 1.54) is 0 Å². The molecule has 0 aromatic heterocycles. The van der Waals surface area contributed by atoms with Gasteiger partial charge in [0.2, 0.25) is 3.79 Å². The van der Waals surface area contributed by atoms with E-state index in [1.54, 1.807) is 0 Å². The fourth-order valence-corrected chi connectivity index (χ4v) is 1.02. The van der Waals surface area contributed by atoms with Gasteiger partial charge in [0.05, 0.1) is 0 Å². The summed E-state index contributed by atoms with van der Waals surface area (Å²) in [7, 11) is 0. The van der Waals surface area contributed by atoms with Crippen molar-refractivity contribution in [1.82, 2.24) is 0 Å². The van der Waals surface area contributed by atoms with E-state index in [-0.39, 0.29) is 18.3 Å². The van der Waals surface area contributed by atoms with Gasteiger partial charge in [-0.15, -0.1) is 12.4 Å². The van der Waals surface area contributed by atoms with E-state index >= 15 is 0 Å². The lowest BCUT2D eigenvalue weighted by Crippen LogP contribution is -2.46. The van der Waals surface area contributed by atoms with Crippen LogP contribution >= 0.6 is 47.2 Å². The minimum Gasteiger partial charge on any atom is -0.387 e. The number of aliphatic hydroxyl groups excluding tert-OH is 1. The smallest absolute Gasteiger partial charge is 0.217 e. The van der Waals surface area contributed by atoms with Crippen molar-refractivity contribution in [3.63, 3.8) is 0 Å². The summed E-state index contributed by atoms with van der Waals surface area (Å²) in [5.41, 5.74) is 5.54. The lowest BCUT2D eigenvalue weighted by molar-refractivity contribution is 0.128. The average molecular weight is 257 g/mol. The maximum absolute atomic E-state index is 9.30.